The molecule has 3 rings (SSSR count). The zero-order valence-electron chi connectivity index (χ0n) is 17.8. The van der Waals surface area contributed by atoms with Gasteiger partial charge in [0.1, 0.15) is 11.6 Å². The molecule has 0 saturated carbocycles. The quantitative estimate of drug-likeness (QED) is 0.481. The third-order valence-corrected chi connectivity index (χ3v) is 6.34. The molecule has 2 atom stereocenters. The van der Waals surface area contributed by atoms with Crippen LogP contribution >= 0.6 is 11.9 Å². The average molecular weight is 417 g/mol. The Morgan fingerprint density at radius 1 is 1.24 bits per heavy atom. The first-order chi connectivity index (χ1) is 14.0. The largest absolute Gasteiger partial charge is 0.367 e. The molecule has 0 aliphatic carbocycles. The van der Waals surface area contributed by atoms with E-state index in [1.807, 2.05) is 30.1 Å². The Morgan fingerprint density at radius 2 is 2.03 bits per heavy atom. The number of carbonyl (C=O) groups excluding carboxylic acids is 1. The number of benzene rings is 1. The molecule has 1 aromatic heterocycles. The summed E-state index contributed by atoms with van der Waals surface area (Å²) in [6, 6.07) is 8.42. The molecule has 1 amide bonds. The van der Waals surface area contributed by atoms with Gasteiger partial charge in [0.15, 0.2) is 0 Å². The van der Waals surface area contributed by atoms with Crippen LogP contribution in [0.1, 0.15) is 33.5 Å². The number of nitrogens with zero attached hydrogens (tertiary/aromatic N) is 4. The van der Waals surface area contributed by atoms with Crippen molar-refractivity contribution in [2.24, 2.45) is 5.92 Å². The first-order valence-corrected chi connectivity index (χ1v) is 11.3. The lowest BCUT2D eigenvalue weighted by molar-refractivity contribution is -0.112. The van der Waals surface area contributed by atoms with E-state index in [0.29, 0.717) is 18.5 Å². The molecule has 0 radical (unpaired) electrons. The lowest BCUT2D eigenvalue weighted by Gasteiger charge is -2.40. The second kappa shape index (κ2) is 10.2. The zero-order chi connectivity index (χ0) is 20.8. The van der Waals surface area contributed by atoms with Crippen LogP contribution in [-0.2, 0) is 11.3 Å². The molecular weight excluding hydrogens is 384 g/mol. The van der Waals surface area contributed by atoms with Crippen LogP contribution in [0.15, 0.2) is 24.3 Å². The molecule has 1 saturated heterocycles. The van der Waals surface area contributed by atoms with Gasteiger partial charge in [0.05, 0.1) is 18.2 Å². The second-order valence-corrected chi connectivity index (χ2v) is 9.11. The Hall–Kier alpha value is -1.90. The topological polar surface area (TPSA) is 73.4 Å². The highest BCUT2D eigenvalue weighted by Gasteiger charge is 2.27. The lowest BCUT2D eigenvalue weighted by Crippen LogP contribution is -2.56. The van der Waals surface area contributed by atoms with Gasteiger partial charge in [0.2, 0.25) is 6.41 Å². The number of hydrogen-bond acceptors (Lipinski definition) is 7. The summed E-state index contributed by atoms with van der Waals surface area (Å²) < 4.78 is 2.32. The fraction of sp³-hybridized carbons (Fsp3) is 0.571. The van der Waals surface area contributed by atoms with E-state index in [9.17, 15) is 4.79 Å². The smallest absolute Gasteiger partial charge is 0.208 e. The SMILES string of the molecule is CCSN1CCN(Cc2nc(N[C@H](C)C(C)C)c3ccccc3n2)C(NC=O)C1. The van der Waals surface area contributed by atoms with Gasteiger partial charge < -0.3 is 10.6 Å². The summed E-state index contributed by atoms with van der Waals surface area (Å²) in [6.07, 6.45) is 0.748. The molecule has 1 aliphatic rings. The maximum atomic E-state index is 11.1. The molecule has 2 N–H and O–H groups in total. The molecule has 1 unspecified atom stereocenters. The van der Waals surface area contributed by atoms with Gasteiger partial charge in [-0.05, 0) is 25.0 Å². The Labute approximate surface area is 177 Å². The predicted octanol–water partition coefficient (Wildman–Crippen LogP) is 2.94. The fourth-order valence-corrected chi connectivity index (χ4v) is 4.21. The third kappa shape index (κ3) is 5.58. The number of amides is 1. The summed E-state index contributed by atoms with van der Waals surface area (Å²) in [5.74, 6) is 3.19. The first kappa shape index (κ1) is 21.8. The zero-order valence-corrected chi connectivity index (χ0v) is 18.6. The van der Waals surface area contributed by atoms with Crippen LogP contribution < -0.4 is 10.6 Å². The van der Waals surface area contributed by atoms with Crippen molar-refractivity contribution in [1.82, 2.24) is 24.5 Å². The van der Waals surface area contributed by atoms with Crippen LogP contribution in [0.2, 0.25) is 0 Å². The average Bonchev–Trinajstić information content (AvgIpc) is 2.70. The summed E-state index contributed by atoms with van der Waals surface area (Å²) in [6.45, 7) is 11.9. The number of carbonyl (C=O) groups is 1. The molecule has 0 spiro atoms. The number of rotatable bonds is 9. The van der Waals surface area contributed by atoms with E-state index in [4.69, 9.17) is 9.97 Å². The monoisotopic (exact) mass is 416 g/mol. The maximum Gasteiger partial charge on any atom is 0.208 e. The molecule has 0 bridgehead atoms. The van der Waals surface area contributed by atoms with Crippen LogP contribution in [-0.4, -0.2) is 63.2 Å². The Balaban J connectivity index is 1.84. The van der Waals surface area contributed by atoms with E-state index in [2.05, 4.69) is 53.6 Å². The highest BCUT2D eigenvalue weighted by atomic mass is 32.2. The number of hydrogen-bond donors (Lipinski definition) is 2. The standard InChI is InChI=1S/C21H32N6OS/c1-5-29-27-11-10-26(20(13-27)22-14-28)12-19-24-18-9-7-6-8-17(18)21(25-19)23-16(4)15(2)3/h6-9,14-16,20H,5,10-13H2,1-4H3,(H,22,28)(H,23,24,25)/t16-,20?/m1/s1. The van der Waals surface area contributed by atoms with Gasteiger partial charge in [-0.1, -0.05) is 44.9 Å². The van der Waals surface area contributed by atoms with Crippen molar-refractivity contribution >= 4 is 35.1 Å². The van der Waals surface area contributed by atoms with Crippen molar-refractivity contribution in [1.29, 1.82) is 0 Å². The fourth-order valence-electron chi connectivity index (χ4n) is 3.39. The van der Waals surface area contributed by atoms with Crippen LogP contribution in [0.5, 0.6) is 0 Å². The van der Waals surface area contributed by atoms with Gasteiger partial charge in [0.25, 0.3) is 0 Å². The summed E-state index contributed by atoms with van der Waals surface area (Å²) >= 11 is 1.81. The van der Waals surface area contributed by atoms with E-state index in [0.717, 1.165) is 54.3 Å². The number of nitrogens with one attached hydrogen (secondary N) is 2. The van der Waals surface area contributed by atoms with Gasteiger partial charge in [-0.3, -0.25) is 9.69 Å². The van der Waals surface area contributed by atoms with E-state index in [1.54, 1.807) is 0 Å². The predicted molar refractivity (Wildman–Crippen MR) is 121 cm³/mol. The summed E-state index contributed by atoms with van der Waals surface area (Å²) in [5.41, 5.74) is 0.941. The summed E-state index contributed by atoms with van der Waals surface area (Å²) in [7, 11) is 0. The number of piperazine rings is 1. The van der Waals surface area contributed by atoms with Crippen LogP contribution in [0, 0.1) is 5.92 Å². The minimum absolute atomic E-state index is 0.0404. The molecule has 2 heterocycles. The first-order valence-electron chi connectivity index (χ1n) is 10.4. The van der Waals surface area contributed by atoms with E-state index in [-0.39, 0.29) is 6.17 Å². The minimum Gasteiger partial charge on any atom is -0.367 e. The molecule has 1 aliphatic heterocycles. The van der Waals surface area contributed by atoms with Gasteiger partial charge in [-0.15, -0.1) is 0 Å². The van der Waals surface area contributed by atoms with Gasteiger partial charge in [-0.2, -0.15) is 0 Å². The Kier molecular flexibility index (Phi) is 7.69. The lowest BCUT2D eigenvalue weighted by atomic mass is 10.1. The molecule has 1 aromatic carbocycles. The van der Waals surface area contributed by atoms with Crippen molar-refractivity contribution in [2.75, 3.05) is 30.7 Å². The number of aromatic nitrogens is 2. The van der Waals surface area contributed by atoms with Crippen molar-refractivity contribution in [2.45, 2.75) is 46.4 Å². The normalized spacial score (nSPS) is 19.4. The molecule has 8 heteroatoms. The van der Waals surface area contributed by atoms with Crippen molar-refractivity contribution in [3.63, 3.8) is 0 Å². The molecule has 158 valence electrons. The number of fused-ring (bicyclic) bond motifs is 1. The Bertz CT molecular complexity index is 817. The molecular formula is C21H32N6OS. The number of anilines is 1. The minimum atomic E-state index is -0.0404. The van der Waals surface area contributed by atoms with E-state index < -0.39 is 0 Å². The highest BCUT2D eigenvalue weighted by molar-refractivity contribution is 7.96. The molecule has 29 heavy (non-hydrogen) atoms. The van der Waals surface area contributed by atoms with Crippen molar-refractivity contribution in [3.05, 3.63) is 30.1 Å². The van der Waals surface area contributed by atoms with Crippen LogP contribution in [0.25, 0.3) is 10.9 Å². The Morgan fingerprint density at radius 3 is 2.76 bits per heavy atom. The summed E-state index contributed by atoms with van der Waals surface area (Å²) in [5, 5.41) is 7.57. The maximum absolute atomic E-state index is 11.1. The van der Waals surface area contributed by atoms with Crippen LogP contribution in [0.3, 0.4) is 0 Å². The van der Waals surface area contributed by atoms with Crippen molar-refractivity contribution in [3.8, 4) is 0 Å². The summed E-state index contributed by atoms with van der Waals surface area (Å²) in [4.78, 5) is 23.1. The number of para-hydroxylation sites is 1. The van der Waals surface area contributed by atoms with Gasteiger partial charge in [0, 0.05) is 36.8 Å². The van der Waals surface area contributed by atoms with Gasteiger partial charge >= 0.3 is 0 Å². The van der Waals surface area contributed by atoms with Gasteiger partial charge in [-0.25, -0.2) is 14.3 Å². The van der Waals surface area contributed by atoms with E-state index >= 15 is 0 Å². The third-order valence-electron chi connectivity index (χ3n) is 5.38. The molecule has 2 aromatic rings. The molecule has 7 nitrogen and oxygen atoms in total. The molecule has 1 fully saturated rings. The highest BCUT2D eigenvalue weighted by Crippen LogP contribution is 2.24. The second-order valence-electron chi connectivity index (χ2n) is 7.76. The van der Waals surface area contributed by atoms with Crippen molar-refractivity contribution < 1.29 is 4.79 Å². The van der Waals surface area contributed by atoms with E-state index in [1.165, 1.54) is 0 Å². The van der Waals surface area contributed by atoms with Crippen LogP contribution in [0.4, 0.5) is 5.82 Å².